The number of carboxylic acids is 1. The lowest BCUT2D eigenvalue weighted by Crippen LogP contribution is -2.45. The number of hydrogen-bond donors (Lipinski definition) is 2. The molecule has 96 valence electrons. The second-order valence-corrected chi connectivity index (χ2v) is 4.64. The summed E-state index contributed by atoms with van der Waals surface area (Å²) in [5.74, 6) is -1.31. The Kier molecular flexibility index (Phi) is 3.65. The highest BCUT2D eigenvalue weighted by Crippen LogP contribution is 2.34. The highest BCUT2D eigenvalue weighted by Gasteiger charge is 2.33. The van der Waals surface area contributed by atoms with Crippen LogP contribution in [0.3, 0.4) is 0 Å². The minimum atomic E-state index is -0.960. The highest BCUT2D eigenvalue weighted by atomic mass is 16.4. The van der Waals surface area contributed by atoms with Crippen LogP contribution in [0.2, 0.25) is 0 Å². The van der Waals surface area contributed by atoms with Gasteiger partial charge in [0.2, 0.25) is 5.91 Å². The molecule has 2 N–H and O–H groups in total. The summed E-state index contributed by atoms with van der Waals surface area (Å²) in [4.78, 5) is 23.0. The van der Waals surface area contributed by atoms with Gasteiger partial charge < -0.3 is 10.4 Å². The van der Waals surface area contributed by atoms with Gasteiger partial charge in [0, 0.05) is 0 Å². The normalized spacial score (nSPS) is 18.4. The molecule has 1 aliphatic rings. The van der Waals surface area contributed by atoms with E-state index in [0.29, 0.717) is 12.8 Å². The predicted molar refractivity (Wildman–Crippen MR) is 67.4 cm³/mol. The molecule has 0 aliphatic heterocycles. The molecule has 4 heteroatoms. The van der Waals surface area contributed by atoms with E-state index in [2.05, 4.69) is 5.32 Å². The van der Waals surface area contributed by atoms with Gasteiger partial charge in [-0.3, -0.25) is 4.79 Å². The molecule has 0 saturated carbocycles. The summed E-state index contributed by atoms with van der Waals surface area (Å²) in [5.41, 5.74) is 2.20. The predicted octanol–water partition coefficient (Wildman–Crippen LogP) is 1.70. The number of hydrogen-bond acceptors (Lipinski definition) is 2. The lowest BCUT2D eigenvalue weighted by atomic mass is 9.77. The monoisotopic (exact) mass is 247 g/mol. The lowest BCUT2D eigenvalue weighted by molar-refractivity contribution is -0.142. The van der Waals surface area contributed by atoms with Crippen LogP contribution in [0.4, 0.5) is 0 Å². The zero-order chi connectivity index (χ0) is 13.1. The Balaban J connectivity index is 2.00. The molecule has 1 amide bonds. The average Bonchev–Trinajstić information content (AvgIpc) is 2.30. The molecule has 18 heavy (non-hydrogen) atoms. The Bertz CT molecular complexity index is 470. The quantitative estimate of drug-likeness (QED) is 0.832. The molecule has 2 atom stereocenters. The van der Waals surface area contributed by atoms with Gasteiger partial charge in [-0.15, -0.1) is 0 Å². The smallest absolute Gasteiger partial charge is 0.326 e. The zero-order valence-corrected chi connectivity index (χ0v) is 10.3. The molecule has 4 nitrogen and oxygen atoms in total. The van der Waals surface area contributed by atoms with Gasteiger partial charge in [0.25, 0.3) is 0 Å². The van der Waals surface area contributed by atoms with Crippen molar-refractivity contribution in [2.75, 3.05) is 0 Å². The number of carbonyl (C=O) groups excluding carboxylic acids is 1. The summed E-state index contributed by atoms with van der Waals surface area (Å²) in [6, 6.07) is 7.01. The van der Waals surface area contributed by atoms with Crippen molar-refractivity contribution in [3.63, 3.8) is 0 Å². The van der Waals surface area contributed by atoms with Crippen LogP contribution in [0.15, 0.2) is 24.3 Å². The van der Waals surface area contributed by atoms with Crippen LogP contribution in [0.25, 0.3) is 0 Å². The van der Waals surface area contributed by atoms with Crippen molar-refractivity contribution in [1.82, 2.24) is 5.32 Å². The van der Waals surface area contributed by atoms with Crippen molar-refractivity contribution in [2.45, 2.75) is 38.1 Å². The zero-order valence-electron chi connectivity index (χ0n) is 10.3. The fraction of sp³-hybridized carbons (Fsp3) is 0.429. The second kappa shape index (κ2) is 5.21. The van der Waals surface area contributed by atoms with E-state index in [1.807, 2.05) is 31.2 Å². The largest absolute Gasteiger partial charge is 0.480 e. The van der Waals surface area contributed by atoms with Gasteiger partial charge in [0.05, 0.1) is 5.92 Å². The molecule has 0 aromatic heterocycles. The summed E-state index contributed by atoms with van der Waals surface area (Å²) < 4.78 is 0. The summed E-state index contributed by atoms with van der Waals surface area (Å²) >= 11 is 0. The Hall–Kier alpha value is -1.84. The first-order chi connectivity index (χ1) is 8.63. The third-order valence-electron chi connectivity index (χ3n) is 3.36. The van der Waals surface area contributed by atoms with Crippen LogP contribution in [0.1, 0.15) is 36.8 Å². The maximum absolute atomic E-state index is 12.0. The van der Waals surface area contributed by atoms with Crippen LogP contribution >= 0.6 is 0 Å². The van der Waals surface area contributed by atoms with E-state index >= 15 is 0 Å². The van der Waals surface area contributed by atoms with E-state index in [9.17, 15) is 9.59 Å². The molecule has 1 aromatic carbocycles. The molecule has 0 radical (unpaired) electrons. The van der Waals surface area contributed by atoms with Crippen molar-refractivity contribution in [2.24, 2.45) is 0 Å². The van der Waals surface area contributed by atoms with Gasteiger partial charge in [0.15, 0.2) is 0 Å². The summed E-state index contributed by atoms with van der Waals surface area (Å²) in [7, 11) is 0. The fourth-order valence-electron chi connectivity index (χ4n) is 2.31. The maximum atomic E-state index is 12.0. The SMILES string of the molecule is CCCC(NC(=O)C1Cc2ccccc21)C(=O)O. The molecule has 0 spiro atoms. The molecule has 2 rings (SSSR count). The lowest BCUT2D eigenvalue weighted by Gasteiger charge is -2.30. The number of aliphatic carboxylic acids is 1. The Morgan fingerprint density at radius 3 is 2.78 bits per heavy atom. The molecule has 0 fully saturated rings. The maximum Gasteiger partial charge on any atom is 0.326 e. The Labute approximate surface area is 106 Å². The molecule has 0 heterocycles. The molecular weight excluding hydrogens is 230 g/mol. The fourth-order valence-corrected chi connectivity index (χ4v) is 2.31. The van der Waals surface area contributed by atoms with Crippen molar-refractivity contribution in [3.8, 4) is 0 Å². The first-order valence-electron chi connectivity index (χ1n) is 6.24. The average molecular weight is 247 g/mol. The molecule has 1 aliphatic carbocycles. The molecule has 1 aromatic rings. The molecular formula is C14H17NO3. The van der Waals surface area contributed by atoms with E-state index in [1.165, 1.54) is 5.56 Å². The number of carbonyl (C=O) groups is 2. The topological polar surface area (TPSA) is 66.4 Å². The van der Waals surface area contributed by atoms with Crippen LogP contribution < -0.4 is 5.32 Å². The Morgan fingerprint density at radius 2 is 2.17 bits per heavy atom. The van der Waals surface area contributed by atoms with Crippen molar-refractivity contribution < 1.29 is 14.7 Å². The third kappa shape index (κ3) is 2.37. The van der Waals surface area contributed by atoms with Gasteiger partial charge in [0.1, 0.15) is 6.04 Å². The van der Waals surface area contributed by atoms with Crippen molar-refractivity contribution in [1.29, 1.82) is 0 Å². The molecule has 2 unspecified atom stereocenters. The number of rotatable bonds is 5. The van der Waals surface area contributed by atoms with Crippen LogP contribution in [0, 0.1) is 0 Å². The number of benzene rings is 1. The van der Waals surface area contributed by atoms with E-state index < -0.39 is 12.0 Å². The molecule has 0 saturated heterocycles. The number of nitrogens with one attached hydrogen (secondary N) is 1. The van der Waals surface area contributed by atoms with Gasteiger partial charge in [-0.2, -0.15) is 0 Å². The minimum Gasteiger partial charge on any atom is -0.480 e. The minimum absolute atomic E-state index is 0.172. The van der Waals surface area contributed by atoms with Gasteiger partial charge in [-0.25, -0.2) is 4.79 Å². The van der Waals surface area contributed by atoms with E-state index in [1.54, 1.807) is 0 Å². The van der Waals surface area contributed by atoms with Crippen molar-refractivity contribution in [3.05, 3.63) is 35.4 Å². The first kappa shape index (κ1) is 12.6. The van der Waals surface area contributed by atoms with Crippen LogP contribution in [-0.2, 0) is 16.0 Å². The van der Waals surface area contributed by atoms with Crippen LogP contribution in [-0.4, -0.2) is 23.0 Å². The van der Waals surface area contributed by atoms with Gasteiger partial charge in [-0.1, -0.05) is 37.6 Å². The number of fused-ring (bicyclic) bond motifs is 1. The molecule has 0 bridgehead atoms. The third-order valence-corrected chi connectivity index (χ3v) is 3.36. The second-order valence-electron chi connectivity index (χ2n) is 4.64. The highest BCUT2D eigenvalue weighted by molar-refractivity contribution is 5.90. The van der Waals surface area contributed by atoms with Crippen LogP contribution in [0.5, 0.6) is 0 Å². The summed E-state index contributed by atoms with van der Waals surface area (Å²) in [6.45, 7) is 1.90. The number of amides is 1. The van der Waals surface area contributed by atoms with E-state index in [0.717, 1.165) is 12.0 Å². The first-order valence-corrected chi connectivity index (χ1v) is 6.24. The Morgan fingerprint density at radius 1 is 1.44 bits per heavy atom. The van der Waals surface area contributed by atoms with Gasteiger partial charge >= 0.3 is 5.97 Å². The standard InChI is InChI=1S/C14H17NO3/c1-2-5-12(14(17)18)15-13(16)11-8-9-6-3-4-7-10(9)11/h3-4,6-7,11-12H,2,5,8H2,1H3,(H,15,16)(H,17,18). The van der Waals surface area contributed by atoms with Gasteiger partial charge in [-0.05, 0) is 24.0 Å². The summed E-state index contributed by atoms with van der Waals surface area (Å²) in [5, 5.41) is 11.6. The van der Waals surface area contributed by atoms with Crippen molar-refractivity contribution >= 4 is 11.9 Å². The van der Waals surface area contributed by atoms with E-state index in [-0.39, 0.29) is 11.8 Å². The van der Waals surface area contributed by atoms with E-state index in [4.69, 9.17) is 5.11 Å². The number of carboxylic acid groups (broad SMARTS) is 1. The summed E-state index contributed by atoms with van der Waals surface area (Å²) in [6.07, 6.45) is 1.91.